The average Bonchev–Trinajstić information content (AvgIpc) is 2.40. The smallest absolute Gasteiger partial charge is 0.251 e. The van der Waals surface area contributed by atoms with Crippen molar-refractivity contribution in [3.05, 3.63) is 28.2 Å². The molecule has 0 heterocycles. The largest absolute Gasteiger partial charge is 0.398 e. The summed E-state index contributed by atoms with van der Waals surface area (Å²) in [5, 5.41) is 2.85. The van der Waals surface area contributed by atoms with E-state index < -0.39 is 0 Å². The number of nitrogen functional groups attached to an aromatic ring is 1. The van der Waals surface area contributed by atoms with Crippen LogP contribution in [0.2, 0.25) is 0 Å². The molecule has 0 aliphatic rings. The molecule has 0 atom stereocenters. The number of rotatable bonds is 8. The number of hydrogen-bond donors (Lipinski definition) is 2. The van der Waals surface area contributed by atoms with Gasteiger partial charge in [0.25, 0.3) is 5.91 Å². The molecule has 3 N–H and O–H groups in total. The van der Waals surface area contributed by atoms with Crippen LogP contribution in [-0.4, -0.2) is 25.7 Å². The van der Waals surface area contributed by atoms with Crippen molar-refractivity contribution in [1.29, 1.82) is 0 Å². The number of carbonyl (C=O) groups is 1. The van der Waals surface area contributed by atoms with Crippen molar-refractivity contribution in [2.45, 2.75) is 26.2 Å². The van der Waals surface area contributed by atoms with Crippen molar-refractivity contribution in [2.24, 2.45) is 0 Å². The molecule has 0 aromatic heterocycles. The van der Waals surface area contributed by atoms with E-state index in [1.165, 1.54) is 0 Å². The maximum absolute atomic E-state index is 11.8. The lowest BCUT2D eigenvalue weighted by molar-refractivity contribution is 0.0940. The minimum Gasteiger partial charge on any atom is -0.398 e. The van der Waals surface area contributed by atoms with Crippen molar-refractivity contribution >= 4 is 27.5 Å². The normalized spacial score (nSPS) is 10.4. The predicted octanol–water partition coefficient (Wildman–Crippen LogP) is 2.97. The minimum atomic E-state index is -0.104. The third-order valence-corrected chi connectivity index (χ3v) is 3.37. The number of hydrogen-bond acceptors (Lipinski definition) is 3. The van der Waals surface area contributed by atoms with Gasteiger partial charge in [0.2, 0.25) is 0 Å². The van der Waals surface area contributed by atoms with Gasteiger partial charge in [0, 0.05) is 35.5 Å². The van der Waals surface area contributed by atoms with E-state index in [1.54, 1.807) is 18.2 Å². The topological polar surface area (TPSA) is 64.3 Å². The summed E-state index contributed by atoms with van der Waals surface area (Å²) in [4.78, 5) is 11.8. The van der Waals surface area contributed by atoms with Gasteiger partial charge in [-0.2, -0.15) is 0 Å². The zero-order valence-corrected chi connectivity index (χ0v) is 12.8. The zero-order valence-electron chi connectivity index (χ0n) is 11.2. The lowest BCUT2D eigenvalue weighted by atomic mass is 10.2. The number of unbranched alkanes of at least 4 members (excludes halogenated alkanes) is 1. The van der Waals surface area contributed by atoms with E-state index in [0.29, 0.717) is 24.4 Å². The van der Waals surface area contributed by atoms with Crippen molar-refractivity contribution in [3.63, 3.8) is 0 Å². The molecule has 0 saturated heterocycles. The number of benzene rings is 1. The molecular weight excluding hydrogens is 308 g/mol. The van der Waals surface area contributed by atoms with E-state index in [-0.39, 0.29) is 5.91 Å². The van der Waals surface area contributed by atoms with Gasteiger partial charge in [-0.3, -0.25) is 4.79 Å². The first-order chi connectivity index (χ1) is 9.15. The van der Waals surface area contributed by atoms with Crippen LogP contribution in [0.15, 0.2) is 22.7 Å². The fourth-order valence-corrected chi connectivity index (χ4v) is 1.76. The third-order valence-electron chi connectivity index (χ3n) is 2.65. The van der Waals surface area contributed by atoms with E-state index in [0.717, 1.165) is 30.3 Å². The summed E-state index contributed by atoms with van der Waals surface area (Å²) < 4.78 is 6.22. The Morgan fingerprint density at radius 1 is 1.37 bits per heavy atom. The number of ether oxygens (including phenoxy) is 1. The Balaban J connectivity index is 2.22. The van der Waals surface area contributed by atoms with Gasteiger partial charge in [-0.15, -0.1) is 0 Å². The molecule has 0 bridgehead atoms. The molecule has 0 spiro atoms. The average molecular weight is 329 g/mol. The van der Waals surface area contributed by atoms with E-state index in [2.05, 4.69) is 28.2 Å². The molecule has 1 amide bonds. The van der Waals surface area contributed by atoms with Crippen LogP contribution in [0.4, 0.5) is 5.69 Å². The second kappa shape index (κ2) is 8.93. The Bertz CT molecular complexity index is 410. The van der Waals surface area contributed by atoms with E-state index in [1.807, 2.05) is 0 Å². The summed E-state index contributed by atoms with van der Waals surface area (Å²) in [7, 11) is 0. The van der Waals surface area contributed by atoms with Gasteiger partial charge in [0.05, 0.1) is 0 Å². The van der Waals surface area contributed by atoms with Crippen LogP contribution in [0.1, 0.15) is 36.5 Å². The molecule has 106 valence electrons. The molecule has 5 heteroatoms. The second-order valence-corrected chi connectivity index (χ2v) is 5.17. The van der Waals surface area contributed by atoms with Gasteiger partial charge in [-0.1, -0.05) is 13.3 Å². The Kier molecular flexibility index (Phi) is 7.52. The lowest BCUT2D eigenvalue weighted by Gasteiger charge is -2.07. The molecule has 0 unspecified atom stereocenters. The lowest BCUT2D eigenvalue weighted by Crippen LogP contribution is -2.25. The molecule has 0 aliphatic heterocycles. The minimum absolute atomic E-state index is 0.104. The van der Waals surface area contributed by atoms with Gasteiger partial charge in [-0.05, 0) is 47.0 Å². The van der Waals surface area contributed by atoms with Crippen LogP contribution in [0.25, 0.3) is 0 Å². The Morgan fingerprint density at radius 2 is 2.11 bits per heavy atom. The number of nitrogens with two attached hydrogens (primary N) is 1. The molecule has 0 fully saturated rings. The first-order valence-electron chi connectivity index (χ1n) is 6.56. The highest BCUT2D eigenvalue weighted by Crippen LogP contribution is 2.19. The van der Waals surface area contributed by atoms with Crippen LogP contribution in [0.3, 0.4) is 0 Å². The molecule has 0 aliphatic carbocycles. The number of anilines is 1. The van der Waals surface area contributed by atoms with Gasteiger partial charge >= 0.3 is 0 Å². The molecular formula is C14H21BrN2O2. The standard InChI is InChI=1S/C14H21BrN2O2/c1-2-3-8-19-9-4-7-17-14(18)11-5-6-12(15)13(16)10-11/h5-6,10H,2-4,7-9,16H2,1H3,(H,17,18). The van der Waals surface area contributed by atoms with Crippen LogP contribution in [-0.2, 0) is 4.74 Å². The van der Waals surface area contributed by atoms with Crippen LogP contribution >= 0.6 is 15.9 Å². The van der Waals surface area contributed by atoms with Gasteiger partial charge in [-0.25, -0.2) is 0 Å². The summed E-state index contributed by atoms with van der Waals surface area (Å²) in [6.07, 6.45) is 3.05. The SMILES string of the molecule is CCCCOCCCNC(=O)c1ccc(Br)c(N)c1. The first kappa shape index (κ1) is 16.0. The van der Waals surface area contributed by atoms with Crippen LogP contribution in [0.5, 0.6) is 0 Å². The number of halogens is 1. The maximum Gasteiger partial charge on any atom is 0.251 e. The van der Waals surface area contributed by atoms with E-state index >= 15 is 0 Å². The summed E-state index contributed by atoms with van der Waals surface area (Å²) in [5.41, 5.74) is 6.88. The predicted molar refractivity (Wildman–Crippen MR) is 81.2 cm³/mol. The molecule has 1 aromatic rings. The molecule has 1 rings (SSSR count). The highest BCUT2D eigenvalue weighted by Gasteiger charge is 2.06. The monoisotopic (exact) mass is 328 g/mol. The summed E-state index contributed by atoms with van der Waals surface area (Å²) in [5.74, 6) is -0.104. The van der Waals surface area contributed by atoms with Gasteiger partial charge in [0.15, 0.2) is 0 Å². The number of carbonyl (C=O) groups excluding carboxylic acids is 1. The summed E-state index contributed by atoms with van der Waals surface area (Å²) >= 11 is 3.30. The fraction of sp³-hybridized carbons (Fsp3) is 0.500. The Morgan fingerprint density at radius 3 is 2.79 bits per heavy atom. The Hall–Kier alpha value is -1.07. The number of amides is 1. The highest BCUT2D eigenvalue weighted by atomic mass is 79.9. The Labute approximate surface area is 122 Å². The van der Waals surface area contributed by atoms with Crippen LogP contribution in [0, 0.1) is 0 Å². The molecule has 0 saturated carbocycles. The van der Waals surface area contributed by atoms with E-state index in [9.17, 15) is 4.79 Å². The van der Waals surface area contributed by atoms with Crippen molar-refractivity contribution in [2.75, 3.05) is 25.5 Å². The highest BCUT2D eigenvalue weighted by molar-refractivity contribution is 9.10. The second-order valence-electron chi connectivity index (χ2n) is 4.31. The van der Waals surface area contributed by atoms with Crippen molar-refractivity contribution < 1.29 is 9.53 Å². The van der Waals surface area contributed by atoms with Gasteiger partial charge < -0.3 is 15.8 Å². The third kappa shape index (κ3) is 6.07. The maximum atomic E-state index is 11.8. The van der Waals surface area contributed by atoms with E-state index in [4.69, 9.17) is 10.5 Å². The molecule has 4 nitrogen and oxygen atoms in total. The zero-order chi connectivity index (χ0) is 14.1. The van der Waals surface area contributed by atoms with Crippen LogP contribution < -0.4 is 11.1 Å². The first-order valence-corrected chi connectivity index (χ1v) is 7.35. The van der Waals surface area contributed by atoms with Gasteiger partial charge in [0.1, 0.15) is 0 Å². The fourth-order valence-electron chi connectivity index (χ4n) is 1.51. The molecule has 19 heavy (non-hydrogen) atoms. The summed E-state index contributed by atoms with van der Waals surface area (Å²) in [6.45, 7) is 4.23. The molecule has 0 radical (unpaired) electrons. The molecule has 1 aromatic carbocycles. The van der Waals surface area contributed by atoms with Crippen molar-refractivity contribution in [3.8, 4) is 0 Å². The van der Waals surface area contributed by atoms with Crippen molar-refractivity contribution in [1.82, 2.24) is 5.32 Å². The summed E-state index contributed by atoms with van der Waals surface area (Å²) in [6, 6.07) is 5.18. The quantitative estimate of drug-likeness (QED) is 0.569. The number of nitrogens with one attached hydrogen (secondary N) is 1.